The van der Waals surface area contributed by atoms with Crippen LogP contribution in [0.15, 0.2) is 72.9 Å². The van der Waals surface area contributed by atoms with Gasteiger partial charge in [-0.05, 0) is 109 Å². The first-order chi connectivity index (χ1) is 37.0. The Balaban J connectivity index is 4.20. The first kappa shape index (κ1) is 71.8. The Morgan fingerprint density at radius 1 is 0.280 bits per heavy atom. The lowest BCUT2D eigenvalue weighted by Crippen LogP contribution is -2.30. The highest BCUT2D eigenvalue weighted by Gasteiger charge is 2.19. The molecule has 1 unspecified atom stereocenters. The van der Waals surface area contributed by atoms with Crippen molar-refractivity contribution in [2.45, 2.75) is 335 Å². The summed E-state index contributed by atoms with van der Waals surface area (Å²) < 4.78 is 16.9. The van der Waals surface area contributed by atoms with Crippen LogP contribution in [0, 0.1) is 0 Å². The molecule has 0 radical (unpaired) electrons. The zero-order valence-electron chi connectivity index (χ0n) is 49.8. The van der Waals surface area contributed by atoms with Crippen LogP contribution < -0.4 is 0 Å². The highest BCUT2D eigenvalue weighted by atomic mass is 16.6. The largest absolute Gasteiger partial charge is 0.462 e. The first-order valence-corrected chi connectivity index (χ1v) is 32.4. The van der Waals surface area contributed by atoms with E-state index < -0.39 is 6.10 Å². The molecule has 0 fully saturated rings. The molecule has 0 spiro atoms. The monoisotopic (exact) mass is 1050 g/mol. The molecule has 0 aromatic carbocycles. The van der Waals surface area contributed by atoms with E-state index in [4.69, 9.17) is 14.2 Å². The molecule has 6 nitrogen and oxygen atoms in total. The van der Waals surface area contributed by atoms with Crippen molar-refractivity contribution in [3.8, 4) is 0 Å². The van der Waals surface area contributed by atoms with Crippen LogP contribution in [0.1, 0.15) is 329 Å². The van der Waals surface area contributed by atoms with Crippen molar-refractivity contribution in [1.29, 1.82) is 0 Å². The highest BCUT2D eigenvalue weighted by Crippen LogP contribution is 2.17. The minimum Gasteiger partial charge on any atom is -0.462 e. The van der Waals surface area contributed by atoms with E-state index in [1.165, 1.54) is 186 Å². The van der Waals surface area contributed by atoms with E-state index in [1.807, 2.05) is 0 Å². The van der Waals surface area contributed by atoms with Gasteiger partial charge < -0.3 is 14.2 Å². The average Bonchev–Trinajstić information content (AvgIpc) is 3.41. The van der Waals surface area contributed by atoms with Crippen molar-refractivity contribution in [2.75, 3.05) is 13.2 Å². The number of hydrogen-bond donors (Lipinski definition) is 0. The van der Waals surface area contributed by atoms with Crippen LogP contribution in [0.25, 0.3) is 0 Å². The minimum atomic E-state index is -0.781. The summed E-state index contributed by atoms with van der Waals surface area (Å²) in [6, 6.07) is 0. The second kappa shape index (κ2) is 63.4. The second-order valence-corrected chi connectivity index (χ2v) is 21.6. The normalized spacial score (nSPS) is 12.5. The van der Waals surface area contributed by atoms with Gasteiger partial charge in [-0.25, -0.2) is 0 Å². The number of carbonyl (C=O) groups is 3. The van der Waals surface area contributed by atoms with Gasteiger partial charge in [0.2, 0.25) is 0 Å². The van der Waals surface area contributed by atoms with Crippen LogP contribution in [0.5, 0.6) is 0 Å². The summed E-state index contributed by atoms with van der Waals surface area (Å²) in [7, 11) is 0. The third kappa shape index (κ3) is 61.6. The van der Waals surface area contributed by atoms with Crippen molar-refractivity contribution in [1.82, 2.24) is 0 Å². The maximum atomic E-state index is 12.9. The average molecular weight is 1050 g/mol. The zero-order chi connectivity index (χ0) is 54.3. The number of hydrogen-bond acceptors (Lipinski definition) is 6. The Morgan fingerprint density at radius 2 is 0.520 bits per heavy atom. The first-order valence-electron chi connectivity index (χ1n) is 32.4. The fourth-order valence-electron chi connectivity index (χ4n) is 9.31. The molecule has 0 aliphatic rings. The Bertz CT molecular complexity index is 1390. The van der Waals surface area contributed by atoms with Crippen molar-refractivity contribution in [3.05, 3.63) is 72.9 Å². The summed E-state index contributed by atoms with van der Waals surface area (Å²) >= 11 is 0. The van der Waals surface area contributed by atoms with Gasteiger partial charge in [0.1, 0.15) is 13.2 Å². The lowest BCUT2D eigenvalue weighted by atomic mass is 10.0. The third-order valence-electron chi connectivity index (χ3n) is 14.2. The number of rotatable bonds is 59. The molecule has 0 amide bonds. The van der Waals surface area contributed by atoms with Crippen LogP contribution >= 0.6 is 0 Å². The van der Waals surface area contributed by atoms with Gasteiger partial charge in [0.05, 0.1) is 0 Å². The van der Waals surface area contributed by atoms with Crippen molar-refractivity contribution < 1.29 is 28.6 Å². The number of ether oxygens (including phenoxy) is 3. The lowest BCUT2D eigenvalue weighted by molar-refractivity contribution is -0.167. The molecule has 0 bridgehead atoms. The lowest BCUT2D eigenvalue weighted by Gasteiger charge is -2.18. The van der Waals surface area contributed by atoms with E-state index in [-0.39, 0.29) is 31.1 Å². The molecule has 0 heterocycles. The van der Waals surface area contributed by atoms with Gasteiger partial charge in [0.25, 0.3) is 0 Å². The van der Waals surface area contributed by atoms with Crippen LogP contribution in [0.4, 0.5) is 0 Å². The van der Waals surface area contributed by atoms with Crippen LogP contribution in [0.2, 0.25) is 0 Å². The molecule has 434 valence electrons. The smallest absolute Gasteiger partial charge is 0.306 e. The molecule has 0 aliphatic carbocycles. The predicted octanol–water partition coefficient (Wildman–Crippen LogP) is 22.1. The maximum absolute atomic E-state index is 12.9. The minimum absolute atomic E-state index is 0.0782. The molecule has 0 aromatic heterocycles. The molecule has 0 rings (SSSR count). The molecule has 0 N–H and O–H groups in total. The molecule has 0 aromatic rings. The molecular formula is C69H122O6. The van der Waals surface area contributed by atoms with Gasteiger partial charge in [-0.15, -0.1) is 0 Å². The van der Waals surface area contributed by atoms with Crippen LogP contribution in [0.3, 0.4) is 0 Å². The van der Waals surface area contributed by atoms with E-state index in [0.717, 1.165) is 103 Å². The van der Waals surface area contributed by atoms with Gasteiger partial charge >= 0.3 is 17.9 Å². The van der Waals surface area contributed by atoms with E-state index >= 15 is 0 Å². The second-order valence-electron chi connectivity index (χ2n) is 21.6. The van der Waals surface area contributed by atoms with Crippen molar-refractivity contribution in [2.24, 2.45) is 0 Å². The Kier molecular flexibility index (Phi) is 60.7. The third-order valence-corrected chi connectivity index (χ3v) is 14.2. The molecule has 75 heavy (non-hydrogen) atoms. The maximum Gasteiger partial charge on any atom is 0.306 e. The molecule has 0 saturated heterocycles. The quantitative estimate of drug-likeness (QED) is 0.0261. The van der Waals surface area contributed by atoms with E-state index in [0.29, 0.717) is 19.3 Å². The number of unbranched alkanes of at least 4 members (excludes halogenated alkanes) is 36. The van der Waals surface area contributed by atoms with Gasteiger partial charge in [-0.2, -0.15) is 0 Å². The molecular weight excluding hydrogens is 925 g/mol. The van der Waals surface area contributed by atoms with Crippen LogP contribution in [-0.4, -0.2) is 37.2 Å². The van der Waals surface area contributed by atoms with Gasteiger partial charge in [-0.3, -0.25) is 14.4 Å². The SMILES string of the molecule is CC/C=C\C/C=C\C/C=C\C/C=C\CCCCCCCCCCCCCCCCCCC(=O)OCC(COC(=O)CCCCCCC/C=C\CCCCCCC)OC(=O)CCCCCCC/C=C\CCCCCCC. The summed E-state index contributed by atoms with van der Waals surface area (Å²) in [4.78, 5) is 38.3. The molecule has 6 heteroatoms. The summed E-state index contributed by atoms with van der Waals surface area (Å²) in [6.07, 6.45) is 82.0. The number of esters is 3. The highest BCUT2D eigenvalue weighted by molar-refractivity contribution is 5.71. The standard InChI is InChI=1S/C69H122O6/c1-4-7-10-13-16-19-22-25-28-29-30-31-32-33-34-35-36-37-38-39-40-41-42-45-47-50-53-56-59-62-68(71)74-65-66(75-69(72)63-60-57-54-51-48-44-27-24-21-18-15-12-9-6-3)64-73-67(70)61-58-55-52-49-46-43-26-23-20-17-14-11-8-5-2/h7,10,16,19,23-28,30-31,66H,4-6,8-9,11-15,17-18,20-22,29,32-65H2,1-3H3/b10-7-,19-16-,26-23-,27-24-,28-25-,31-30-. The van der Waals surface area contributed by atoms with Gasteiger partial charge in [-0.1, -0.05) is 273 Å². The van der Waals surface area contributed by atoms with Gasteiger partial charge in [0, 0.05) is 19.3 Å². The Hall–Kier alpha value is -3.15. The van der Waals surface area contributed by atoms with E-state index in [1.54, 1.807) is 0 Å². The zero-order valence-corrected chi connectivity index (χ0v) is 49.8. The Labute approximate surface area is 465 Å². The summed E-state index contributed by atoms with van der Waals surface area (Å²) in [6.45, 7) is 6.53. The van der Waals surface area contributed by atoms with E-state index in [9.17, 15) is 14.4 Å². The Morgan fingerprint density at radius 3 is 0.827 bits per heavy atom. The number of carbonyl (C=O) groups excluding carboxylic acids is 3. The van der Waals surface area contributed by atoms with Crippen LogP contribution in [-0.2, 0) is 28.6 Å². The predicted molar refractivity (Wildman–Crippen MR) is 325 cm³/mol. The topological polar surface area (TPSA) is 78.9 Å². The van der Waals surface area contributed by atoms with Crippen molar-refractivity contribution >= 4 is 17.9 Å². The fourth-order valence-corrected chi connectivity index (χ4v) is 9.31. The summed E-state index contributed by atoms with van der Waals surface area (Å²) in [5, 5.41) is 0. The van der Waals surface area contributed by atoms with Gasteiger partial charge in [0.15, 0.2) is 6.10 Å². The molecule has 0 aliphatic heterocycles. The summed E-state index contributed by atoms with van der Waals surface area (Å²) in [5.41, 5.74) is 0. The number of allylic oxidation sites excluding steroid dienone is 12. The van der Waals surface area contributed by atoms with E-state index in [2.05, 4.69) is 93.7 Å². The molecule has 0 saturated carbocycles. The fraction of sp³-hybridized carbons (Fsp3) is 0.783. The summed E-state index contributed by atoms with van der Waals surface area (Å²) in [5.74, 6) is -0.881. The molecule has 1 atom stereocenters. The van der Waals surface area contributed by atoms with Crippen molar-refractivity contribution in [3.63, 3.8) is 0 Å².